The number of thiophene rings is 1. The minimum Gasteiger partial charge on any atom is -0.467 e. The van der Waals surface area contributed by atoms with E-state index in [9.17, 15) is 9.59 Å². The van der Waals surface area contributed by atoms with E-state index in [-0.39, 0.29) is 23.6 Å². The maximum atomic E-state index is 13.2. The van der Waals surface area contributed by atoms with E-state index in [2.05, 4.69) is 25.9 Å². The minimum atomic E-state index is -0.300. The lowest BCUT2D eigenvalue weighted by atomic mass is 10.1. The molecule has 1 N–H and O–H groups in total. The van der Waals surface area contributed by atoms with Crippen LogP contribution in [0.25, 0.3) is 5.69 Å². The zero-order chi connectivity index (χ0) is 23.5. The summed E-state index contributed by atoms with van der Waals surface area (Å²) in [5.74, 6) is 0.422. The molecule has 0 saturated heterocycles. The van der Waals surface area contributed by atoms with Crippen molar-refractivity contribution in [3.63, 3.8) is 0 Å². The fraction of sp³-hybridized carbons (Fsp3) is 0.182. The van der Waals surface area contributed by atoms with Crippen molar-refractivity contribution in [1.82, 2.24) is 25.2 Å². The van der Waals surface area contributed by atoms with Crippen molar-refractivity contribution >= 4 is 46.3 Å². The van der Waals surface area contributed by atoms with E-state index in [1.54, 1.807) is 41.9 Å². The van der Waals surface area contributed by atoms with Crippen molar-refractivity contribution in [3.8, 4) is 5.69 Å². The number of carbonyl (C=O) groups excluding carboxylic acids is 2. The molecule has 0 saturated carbocycles. The number of hydrogen-bond acceptors (Lipinski definition) is 9. The lowest BCUT2D eigenvalue weighted by molar-refractivity contribution is -0.130. The number of thioether (sulfide) groups is 1. The van der Waals surface area contributed by atoms with Crippen molar-refractivity contribution in [2.45, 2.75) is 24.5 Å². The van der Waals surface area contributed by atoms with Gasteiger partial charge in [0.2, 0.25) is 11.1 Å². The van der Waals surface area contributed by atoms with Crippen LogP contribution in [0.5, 0.6) is 0 Å². The number of hydrazone groups is 1. The highest BCUT2D eigenvalue weighted by Crippen LogP contribution is 2.34. The molecule has 4 heterocycles. The van der Waals surface area contributed by atoms with Crippen LogP contribution in [0, 0.1) is 0 Å². The van der Waals surface area contributed by atoms with Crippen molar-refractivity contribution in [2.24, 2.45) is 5.10 Å². The van der Waals surface area contributed by atoms with Crippen LogP contribution in [0.2, 0.25) is 0 Å². The molecule has 10 nitrogen and oxygen atoms in total. The Hall–Kier alpha value is -3.77. The summed E-state index contributed by atoms with van der Waals surface area (Å²) in [5, 5.41) is 23.1. The highest BCUT2D eigenvalue weighted by Gasteiger charge is 2.35. The molecule has 1 atom stereocenters. The number of carbonyl (C=O) groups is 2. The molecule has 12 heteroatoms. The van der Waals surface area contributed by atoms with Crippen LogP contribution in [0.3, 0.4) is 0 Å². The van der Waals surface area contributed by atoms with Crippen LogP contribution in [0.15, 0.2) is 74.8 Å². The summed E-state index contributed by atoms with van der Waals surface area (Å²) in [6.45, 7) is 1.44. The Morgan fingerprint density at radius 3 is 2.91 bits per heavy atom. The Morgan fingerprint density at radius 1 is 1.24 bits per heavy atom. The lowest BCUT2D eigenvalue weighted by Gasteiger charge is -2.19. The summed E-state index contributed by atoms with van der Waals surface area (Å²) < 4.78 is 7.12. The molecule has 1 aliphatic heterocycles. The van der Waals surface area contributed by atoms with Gasteiger partial charge < -0.3 is 9.73 Å². The van der Waals surface area contributed by atoms with E-state index in [1.807, 2.05) is 29.6 Å². The molecule has 0 spiro atoms. The molecule has 0 unspecified atom stereocenters. The Labute approximate surface area is 202 Å². The topological polar surface area (TPSA) is 119 Å². The first-order valence-corrected chi connectivity index (χ1v) is 12.2. The Morgan fingerprint density at radius 2 is 2.15 bits per heavy atom. The van der Waals surface area contributed by atoms with Crippen LogP contribution in [0.4, 0.5) is 5.69 Å². The van der Waals surface area contributed by atoms with Crippen molar-refractivity contribution in [1.29, 1.82) is 0 Å². The second-order valence-corrected chi connectivity index (χ2v) is 9.28. The fourth-order valence-electron chi connectivity index (χ4n) is 3.58. The fourth-order valence-corrected chi connectivity index (χ4v) is 5.04. The predicted molar refractivity (Wildman–Crippen MR) is 128 cm³/mol. The molecule has 172 valence electrons. The zero-order valence-electron chi connectivity index (χ0n) is 18.0. The standard InChI is InChI=1S/C22H19N7O3S2/c1-14(30)23-15-5-2-6-16(11-15)28-22(24-26-27-28)34-13-21(31)29-18(19-7-3-9-32-19)12-17(25-29)20-8-4-10-33-20/h2-11,18H,12-13H2,1H3,(H,23,30)/t18-/m0/s1. The predicted octanol–water partition coefficient (Wildman–Crippen LogP) is 3.75. The first-order chi connectivity index (χ1) is 16.6. The van der Waals surface area contributed by atoms with E-state index in [4.69, 9.17) is 4.42 Å². The molecule has 2 amide bonds. The van der Waals surface area contributed by atoms with Gasteiger partial charge in [0, 0.05) is 19.0 Å². The highest BCUT2D eigenvalue weighted by atomic mass is 32.2. The number of nitrogens with zero attached hydrogens (tertiary/aromatic N) is 6. The van der Waals surface area contributed by atoms with E-state index >= 15 is 0 Å². The largest absolute Gasteiger partial charge is 0.467 e. The molecule has 0 radical (unpaired) electrons. The van der Waals surface area contributed by atoms with Crippen LogP contribution < -0.4 is 5.32 Å². The summed E-state index contributed by atoms with van der Waals surface area (Å²) in [6, 6.07) is 14.5. The quantitative estimate of drug-likeness (QED) is 0.390. The summed E-state index contributed by atoms with van der Waals surface area (Å²) in [5.41, 5.74) is 2.15. The van der Waals surface area contributed by atoms with E-state index in [1.165, 1.54) is 28.4 Å². The molecule has 1 aromatic carbocycles. The van der Waals surface area contributed by atoms with E-state index < -0.39 is 0 Å². The molecule has 3 aromatic heterocycles. The van der Waals surface area contributed by atoms with Gasteiger partial charge in [0.05, 0.1) is 28.3 Å². The average molecular weight is 494 g/mol. The average Bonchev–Trinajstić information content (AvgIpc) is 3.62. The van der Waals surface area contributed by atoms with Gasteiger partial charge in [-0.3, -0.25) is 9.59 Å². The van der Waals surface area contributed by atoms with Gasteiger partial charge in [-0.15, -0.1) is 16.4 Å². The number of benzene rings is 1. The third-order valence-corrected chi connectivity index (χ3v) is 6.84. The van der Waals surface area contributed by atoms with Gasteiger partial charge in [0.1, 0.15) is 11.8 Å². The molecular weight excluding hydrogens is 474 g/mol. The van der Waals surface area contributed by atoms with Gasteiger partial charge in [-0.05, 0) is 52.2 Å². The van der Waals surface area contributed by atoms with E-state index in [0.717, 1.165) is 10.6 Å². The number of aromatic nitrogens is 4. The summed E-state index contributed by atoms with van der Waals surface area (Å²) in [6.07, 6.45) is 2.18. The molecule has 0 fully saturated rings. The maximum absolute atomic E-state index is 13.2. The third kappa shape index (κ3) is 4.63. The Balaban J connectivity index is 1.33. The second-order valence-electron chi connectivity index (χ2n) is 7.39. The number of rotatable bonds is 7. The number of amides is 2. The summed E-state index contributed by atoms with van der Waals surface area (Å²) >= 11 is 2.80. The highest BCUT2D eigenvalue weighted by molar-refractivity contribution is 7.99. The zero-order valence-corrected chi connectivity index (χ0v) is 19.6. The first-order valence-electron chi connectivity index (χ1n) is 10.3. The van der Waals surface area contributed by atoms with Gasteiger partial charge in [-0.1, -0.05) is 23.9 Å². The summed E-state index contributed by atoms with van der Waals surface area (Å²) in [7, 11) is 0. The smallest absolute Gasteiger partial charge is 0.253 e. The lowest BCUT2D eigenvalue weighted by Crippen LogP contribution is -2.28. The van der Waals surface area contributed by atoms with Crippen molar-refractivity contribution in [2.75, 3.05) is 11.1 Å². The molecule has 34 heavy (non-hydrogen) atoms. The summed E-state index contributed by atoms with van der Waals surface area (Å²) in [4.78, 5) is 25.6. The van der Waals surface area contributed by atoms with Gasteiger partial charge in [0.25, 0.3) is 5.91 Å². The van der Waals surface area contributed by atoms with Gasteiger partial charge in [-0.2, -0.15) is 9.78 Å². The van der Waals surface area contributed by atoms with Crippen LogP contribution >= 0.6 is 23.1 Å². The van der Waals surface area contributed by atoms with Crippen LogP contribution in [-0.2, 0) is 9.59 Å². The first kappa shape index (κ1) is 22.0. The molecule has 0 bridgehead atoms. The third-order valence-electron chi connectivity index (χ3n) is 5.02. The molecule has 4 aromatic rings. The number of hydrogen-bond donors (Lipinski definition) is 1. The van der Waals surface area contributed by atoms with Crippen LogP contribution in [-0.4, -0.2) is 48.5 Å². The molecule has 0 aliphatic carbocycles. The van der Waals surface area contributed by atoms with Crippen LogP contribution in [0.1, 0.15) is 30.0 Å². The molecule has 1 aliphatic rings. The number of nitrogens with one attached hydrogen (secondary N) is 1. The number of tetrazole rings is 1. The second kappa shape index (κ2) is 9.61. The van der Waals surface area contributed by atoms with Gasteiger partial charge in [0.15, 0.2) is 0 Å². The molecular formula is C22H19N7O3S2. The van der Waals surface area contributed by atoms with E-state index in [0.29, 0.717) is 28.7 Å². The number of anilines is 1. The van der Waals surface area contributed by atoms with Crippen molar-refractivity contribution < 1.29 is 14.0 Å². The molecule has 5 rings (SSSR count). The Bertz CT molecular complexity index is 1330. The number of furan rings is 1. The monoisotopic (exact) mass is 493 g/mol. The minimum absolute atomic E-state index is 0.0875. The Kier molecular flexibility index (Phi) is 6.23. The van der Waals surface area contributed by atoms with Crippen molar-refractivity contribution in [3.05, 3.63) is 70.8 Å². The van der Waals surface area contributed by atoms with Gasteiger partial charge in [-0.25, -0.2) is 5.01 Å². The van der Waals surface area contributed by atoms with Gasteiger partial charge >= 0.3 is 0 Å². The SMILES string of the molecule is CC(=O)Nc1cccc(-n2nnnc2SCC(=O)N2N=C(c3cccs3)C[C@H]2c2ccco2)c1. The normalized spacial score (nSPS) is 15.4. The maximum Gasteiger partial charge on any atom is 0.253 e.